The van der Waals surface area contributed by atoms with Crippen molar-refractivity contribution < 1.29 is 13.2 Å². The maximum atomic E-state index is 12.9. The van der Waals surface area contributed by atoms with E-state index in [1.165, 1.54) is 10.6 Å². The summed E-state index contributed by atoms with van der Waals surface area (Å²) in [5, 5.41) is 0.709. The molecular weight excluding hydrogens is 474 g/mol. The average molecular weight is 506 g/mol. The molecule has 3 aromatic heterocycles. The molecule has 1 aliphatic heterocycles. The Morgan fingerprint density at radius 3 is 2.62 bits per heavy atom. The summed E-state index contributed by atoms with van der Waals surface area (Å²) in [5.41, 5.74) is 1.98. The number of sulfonamides is 1. The summed E-state index contributed by atoms with van der Waals surface area (Å²) in [6.07, 6.45) is 4.94. The van der Waals surface area contributed by atoms with Crippen LogP contribution in [0.15, 0.2) is 35.4 Å². The number of rotatable bonds is 8. The molecule has 0 amide bonds. The Balaban J connectivity index is 1.63. The van der Waals surface area contributed by atoms with Crippen molar-refractivity contribution in [2.75, 3.05) is 64.6 Å². The first-order valence-electron chi connectivity index (χ1n) is 11.1. The zero-order chi connectivity index (χ0) is 24.5. The molecule has 0 N–H and O–H groups in total. The Morgan fingerprint density at radius 2 is 1.94 bits per heavy atom. The first kappa shape index (κ1) is 24.8. The summed E-state index contributed by atoms with van der Waals surface area (Å²) in [4.78, 5) is 22.8. The Hall–Kier alpha value is -2.31. The number of piperazine rings is 1. The van der Waals surface area contributed by atoms with E-state index in [1.807, 2.05) is 36.3 Å². The van der Waals surface area contributed by atoms with Crippen LogP contribution in [0, 0.1) is 0 Å². The lowest BCUT2D eigenvalue weighted by Gasteiger charge is -2.32. The molecule has 0 radical (unpaired) electrons. The second kappa shape index (κ2) is 10.1. The van der Waals surface area contributed by atoms with Gasteiger partial charge >= 0.3 is 0 Å². The zero-order valence-corrected chi connectivity index (χ0v) is 21.7. The number of hydrogen-bond donors (Lipinski definition) is 0. The molecule has 1 saturated heterocycles. The molecule has 4 heterocycles. The lowest BCUT2D eigenvalue weighted by atomic mass is 10.1. The minimum atomic E-state index is -3.15. The van der Waals surface area contributed by atoms with Gasteiger partial charge in [0.1, 0.15) is 5.82 Å². The van der Waals surface area contributed by atoms with Crippen molar-refractivity contribution >= 4 is 37.3 Å². The standard InChI is InChI=1S/C23H31N5O4S2/c1-25(11-12-32-3)21-13-17(5-6-24-21)20-16-26(2)23(29)19-14-18(33-22(19)20)15-27-7-9-28(10-8-27)34(4,30)31/h5-6,13-14,16H,7-12,15H2,1-4H3. The molecule has 1 fully saturated rings. The SMILES string of the molecule is COCCN(C)c1cc(-c2cn(C)c(=O)c3cc(CN4CCN(S(C)(=O)=O)CC4)sc23)ccn1. The predicted molar refractivity (Wildman–Crippen MR) is 137 cm³/mol. The number of pyridine rings is 2. The van der Waals surface area contributed by atoms with Gasteiger partial charge in [0.05, 0.1) is 18.2 Å². The number of aryl methyl sites for hydroxylation is 1. The lowest BCUT2D eigenvalue weighted by molar-refractivity contribution is 0.183. The minimum Gasteiger partial charge on any atom is -0.383 e. The molecule has 0 aliphatic carbocycles. The summed E-state index contributed by atoms with van der Waals surface area (Å²) < 4.78 is 32.9. The van der Waals surface area contributed by atoms with Gasteiger partial charge in [-0.15, -0.1) is 11.3 Å². The van der Waals surface area contributed by atoms with Crippen molar-refractivity contribution in [1.29, 1.82) is 0 Å². The van der Waals surface area contributed by atoms with Crippen LogP contribution in [0.1, 0.15) is 4.88 Å². The van der Waals surface area contributed by atoms with E-state index in [9.17, 15) is 13.2 Å². The molecule has 0 spiro atoms. The molecule has 0 saturated carbocycles. The summed E-state index contributed by atoms with van der Waals surface area (Å²) in [5.74, 6) is 0.845. The Bertz CT molecular complexity index is 1330. The number of hydrogen-bond acceptors (Lipinski definition) is 8. The molecule has 34 heavy (non-hydrogen) atoms. The Labute approximate surface area is 204 Å². The maximum absolute atomic E-state index is 12.9. The van der Waals surface area contributed by atoms with Gasteiger partial charge < -0.3 is 14.2 Å². The number of anilines is 1. The second-order valence-electron chi connectivity index (χ2n) is 8.67. The van der Waals surface area contributed by atoms with Crippen LogP contribution >= 0.6 is 11.3 Å². The fourth-order valence-electron chi connectivity index (χ4n) is 4.16. The first-order valence-corrected chi connectivity index (χ1v) is 13.8. The fraction of sp³-hybridized carbons (Fsp3) is 0.478. The number of aromatic nitrogens is 2. The fourth-order valence-corrected chi connectivity index (χ4v) is 6.21. The molecule has 1 aliphatic rings. The van der Waals surface area contributed by atoms with Crippen LogP contribution in [-0.2, 0) is 28.4 Å². The van der Waals surface area contributed by atoms with Crippen LogP contribution in [0.5, 0.6) is 0 Å². The molecule has 0 bridgehead atoms. The lowest BCUT2D eigenvalue weighted by Crippen LogP contribution is -2.47. The highest BCUT2D eigenvalue weighted by atomic mass is 32.2. The van der Waals surface area contributed by atoms with Crippen LogP contribution in [-0.4, -0.2) is 86.9 Å². The largest absolute Gasteiger partial charge is 0.383 e. The molecule has 11 heteroatoms. The molecular formula is C23H31N5O4S2. The number of ether oxygens (including phenoxy) is 1. The van der Waals surface area contributed by atoms with Crippen LogP contribution in [0.25, 0.3) is 21.2 Å². The highest BCUT2D eigenvalue weighted by molar-refractivity contribution is 7.88. The molecule has 0 atom stereocenters. The van der Waals surface area contributed by atoms with Crippen molar-refractivity contribution in [1.82, 2.24) is 18.8 Å². The smallest absolute Gasteiger partial charge is 0.259 e. The van der Waals surface area contributed by atoms with Gasteiger partial charge in [0, 0.05) is 88.0 Å². The van der Waals surface area contributed by atoms with Crippen molar-refractivity contribution in [2.24, 2.45) is 7.05 Å². The number of nitrogens with zero attached hydrogens (tertiary/aromatic N) is 5. The van der Waals surface area contributed by atoms with Crippen molar-refractivity contribution in [3.05, 3.63) is 45.8 Å². The second-order valence-corrected chi connectivity index (χ2v) is 11.8. The molecule has 9 nitrogen and oxygen atoms in total. The summed E-state index contributed by atoms with van der Waals surface area (Å²) in [7, 11) is 2.28. The molecule has 3 aromatic rings. The van der Waals surface area contributed by atoms with E-state index in [4.69, 9.17) is 4.74 Å². The normalized spacial score (nSPS) is 15.8. The highest BCUT2D eigenvalue weighted by Crippen LogP contribution is 2.34. The third kappa shape index (κ3) is 5.33. The van der Waals surface area contributed by atoms with Crippen molar-refractivity contribution in [3.63, 3.8) is 0 Å². The topological polar surface area (TPSA) is 88.0 Å². The Kier molecular flexibility index (Phi) is 7.39. The van der Waals surface area contributed by atoms with Crippen molar-refractivity contribution in [2.45, 2.75) is 6.54 Å². The van der Waals surface area contributed by atoms with Crippen LogP contribution in [0.3, 0.4) is 0 Å². The highest BCUT2D eigenvalue weighted by Gasteiger charge is 2.24. The van der Waals surface area contributed by atoms with E-state index in [2.05, 4.69) is 9.88 Å². The van der Waals surface area contributed by atoms with E-state index >= 15 is 0 Å². The number of likely N-dealkylation sites (N-methyl/N-ethyl adjacent to an activating group) is 1. The van der Waals surface area contributed by atoms with Gasteiger partial charge in [-0.3, -0.25) is 9.69 Å². The van der Waals surface area contributed by atoms with Gasteiger partial charge in [0.2, 0.25) is 10.0 Å². The van der Waals surface area contributed by atoms with Gasteiger partial charge in [-0.05, 0) is 23.8 Å². The third-order valence-electron chi connectivity index (χ3n) is 6.16. The van der Waals surface area contributed by atoms with Crippen LogP contribution in [0.4, 0.5) is 5.82 Å². The maximum Gasteiger partial charge on any atom is 0.259 e. The van der Waals surface area contributed by atoms with Crippen LogP contribution in [0.2, 0.25) is 0 Å². The van der Waals surface area contributed by atoms with E-state index in [0.717, 1.165) is 33.1 Å². The minimum absolute atomic E-state index is 0.0189. The van der Waals surface area contributed by atoms with Gasteiger partial charge in [-0.25, -0.2) is 13.4 Å². The predicted octanol–water partition coefficient (Wildman–Crippen LogP) is 1.82. The van der Waals surface area contributed by atoms with E-state index in [0.29, 0.717) is 44.7 Å². The van der Waals surface area contributed by atoms with Gasteiger partial charge in [-0.1, -0.05) is 0 Å². The number of fused-ring (bicyclic) bond motifs is 1. The summed E-state index contributed by atoms with van der Waals surface area (Å²) in [6.45, 7) is 4.37. The van der Waals surface area contributed by atoms with E-state index < -0.39 is 10.0 Å². The molecule has 0 aromatic carbocycles. The number of methoxy groups -OCH3 is 1. The van der Waals surface area contributed by atoms with Crippen molar-refractivity contribution in [3.8, 4) is 11.1 Å². The zero-order valence-electron chi connectivity index (χ0n) is 20.0. The summed E-state index contributed by atoms with van der Waals surface area (Å²) in [6, 6.07) is 6.00. The number of thiophene rings is 1. The first-order chi connectivity index (χ1) is 16.2. The third-order valence-corrected chi connectivity index (χ3v) is 8.62. The van der Waals surface area contributed by atoms with E-state index in [-0.39, 0.29) is 5.56 Å². The summed E-state index contributed by atoms with van der Waals surface area (Å²) >= 11 is 1.63. The van der Waals surface area contributed by atoms with Crippen LogP contribution < -0.4 is 10.5 Å². The van der Waals surface area contributed by atoms with Gasteiger partial charge in [-0.2, -0.15) is 4.31 Å². The van der Waals surface area contributed by atoms with Gasteiger partial charge in [0.15, 0.2) is 0 Å². The van der Waals surface area contributed by atoms with Gasteiger partial charge in [0.25, 0.3) is 5.56 Å². The quantitative estimate of drug-likeness (QED) is 0.462. The monoisotopic (exact) mass is 505 g/mol. The van der Waals surface area contributed by atoms with E-state index in [1.54, 1.807) is 36.3 Å². The molecule has 0 unspecified atom stereocenters. The molecule has 4 rings (SSSR count). The molecule has 184 valence electrons. The average Bonchev–Trinajstić information content (AvgIpc) is 3.23. The Morgan fingerprint density at radius 1 is 1.21 bits per heavy atom.